The fraction of sp³-hybridized carbons (Fsp3) is 0.647. The minimum Gasteiger partial charge on any atom is -0.311 e. The van der Waals surface area contributed by atoms with Crippen molar-refractivity contribution in [2.45, 2.75) is 51.1 Å². The highest BCUT2D eigenvalue weighted by Crippen LogP contribution is 2.39. The van der Waals surface area contributed by atoms with Gasteiger partial charge in [-0.2, -0.15) is 0 Å². The lowest BCUT2D eigenvalue weighted by Crippen LogP contribution is -2.38. The van der Waals surface area contributed by atoms with Crippen molar-refractivity contribution in [2.75, 3.05) is 19.6 Å². The van der Waals surface area contributed by atoms with Gasteiger partial charge in [-0.15, -0.1) is 0 Å². The molecule has 1 aliphatic carbocycles. The molecule has 1 saturated carbocycles. The highest BCUT2D eigenvalue weighted by atomic mass is 15.2. The molecule has 0 amide bonds. The number of hydrogen-bond donors (Lipinski definition) is 1. The molecule has 0 aromatic heterocycles. The second-order valence-corrected chi connectivity index (χ2v) is 6.24. The van der Waals surface area contributed by atoms with Crippen LogP contribution in [0.25, 0.3) is 0 Å². The van der Waals surface area contributed by atoms with Gasteiger partial charge in [-0.05, 0) is 62.7 Å². The first-order valence-corrected chi connectivity index (χ1v) is 7.86. The predicted octanol–water partition coefficient (Wildman–Crippen LogP) is 3.14. The lowest BCUT2D eigenvalue weighted by atomic mass is 10.1. The molecule has 19 heavy (non-hydrogen) atoms. The number of rotatable bonds is 6. The van der Waals surface area contributed by atoms with Crippen LogP contribution in [0.15, 0.2) is 24.3 Å². The molecule has 1 unspecified atom stereocenters. The third-order valence-corrected chi connectivity index (χ3v) is 4.56. The summed E-state index contributed by atoms with van der Waals surface area (Å²) in [5.41, 5.74) is 2.95. The lowest BCUT2D eigenvalue weighted by molar-refractivity contribution is 0.251. The molecule has 2 heteroatoms. The Morgan fingerprint density at radius 2 is 1.84 bits per heavy atom. The zero-order valence-corrected chi connectivity index (χ0v) is 12.1. The fourth-order valence-corrected chi connectivity index (χ4v) is 3.06. The fourth-order valence-electron chi connectivity index (χ4n) is 3.06. The minimum absolute atomic E-state index is 0.674. The van der Waals surface area contributed by atoms with Crippen LogP contribution in [0.1, 0.15) is 49.7 Å². The standard InChI is InChI=1S/C17H26N2/c1-14(19-10-2-3-11-19)12-18-13-15-4-6-16(7-5-15)17-8-9-17/h4-7,14,17-18H,2-3,8-13H2,1H3. The molecule has 1 N–H and O–H groups in total. The van der Waals surface area contributed by atoms with E-state index in [1.807, 2.05) is 0 Å². The summed E-state index contributed by atoms with van der Waals surface area (Å²) in [5, 5.41) is 3.60. The number of benzene rings is 1. The van der Waals surface area contributed by atoms with E-state index in [2.05, 4.69) is 41.4 Å². The molecule has 0 spiro atoms. The molecule has 1 atom stereocenters. The highest BCUT2D eigenvalue weighted by molar-refractivity contribution is 5.27. The molecular weight excluding hydrogens is 232 g/mol. The Bertz CT molecular complexity index is 388. The van der Waals surface area contributed by atoms with Crippen molar-refractivity contribution >= 4 is 0 Å². The number of likely N-dealkylation sites (tertiary alicyclic amines) is 1. The SMILES string of the molecule is CC(CNCc1ccc(C2CC2)cc1)N1CCCC1. The number of nitrogens with one attached hydrogen (secondary N) is 1. The second kappa shape index (κ2) is 6.06. The Balaban J connectivity index is 1.41. The van der Waals surface area contributed by atoms with Crippen molar-refractivity contribution in [2.24, 2.45) is 0 Å². The third-order valence-electron chi connectivity index (χ3n) is 4.56. The van der Waals surface area contributed by atoms with E-state index < -0.39 is 0 Å². The zero-order chi connectivity index (χ0) is 13.1. The van der Waals surface area contributed by atoms with Gasteiger partial charge in [-0.25, -0.2) is 0 Å². The summed E-state index contributed by atoms with van der Waals surface area (Å²) in [6, 6.07) is 9.90. The third kappa shape index (κ3) is 3.58. The molecule has 1 aromatic rings. The Kier molecular flexibility index (Phi) is 4.19. The largest absolute Gasteiger partial charge is 0.311 e. The molecular formula is C17H26N2. The summed E-state index contributed by atoms with van der Waals surface area (Å²) in [5.74, 6) is 0.872. The predicted molar refractivity (Wildman–Crippen MR) is 80.4 cm³/mol. The van der Waals surface area contributed by atoms with E-state index in [4.69, 9.17) is 0 Å². The van der Waals surface area contributed by atoms with Gasteiger partial charge in [0, 0.05) is 19.1 Å². The molecule has 1 aromatic carbocycles. The quantitative estimate of drug-likeness (QED) is 0.843. The van der Waals surface area contributed by atoms with Crippen molar-refractivity contribution in [3.8, 4) is 0 Å². The van der Waals surface area contributed by atoms with E-state index in [0.29, 0.717) is 6.04 Å². The lowest BCUT2D eigenvalue weighted by Gasteiger charge is -2.24. The first-order valence-electron chi connectivity index (χ1n) is 7.86. The summed E-state index contributed by atoms with van der Waals surface area (Å²) in [4.78, 5) is 2.60. The van der Waals surface area contributed by atoms with Gasteiger partial charge < -0.3 is 5.32 Å². The van der Waals surface area contributed by atoms with E-state index in [-0.39, 0.29) is 0 Å². The molecule has 2 aliphatic rings. The van der Waals surface area contributed by atoms with Crippen LogP contribution in [-0.4, -0.2) is 30.6 Å². The van der Waals surface area contributed by atoms with Gasteiger partial charge in [0.05, 0.1) is 0 Å². The Hall–Kier alpha value is -0.860. The van der Waals surface area contributed by atoms with Crippen LogP contribution in [0.3, 0.4) is 0 Å². The smallest absolute Gasteiger partial charge is 0.0206 e. The normalized spacial score (nSPS) is 21.7. The van der Waals surface area contributed by atoms with Gasteiger partial charge in [-0.1, -0.05) is 24.3 Å². The molecule has 1 saturated heterocycles. The Morgan fingerprint density at radius 1 is 1.16 bits per heavy atom. The number of nitrogens with zero attached hydrogens (tertiary/aromatic N) is 1. The van der Waals surface area contributed by atoms with Gasteiger partial charge in [0.1, 0.15) is 0 Å². The maximum absolute atomic E-state index is 3.60. The maximum atomic E-state index is 3.60. The van der Waals surface area contributed by atoms with E-state index in [1.165, 1.54) is 49.9 Å². The van der Waals surface area contributed by atoms with Gasteiger partial charge in [0.15, 0.2) is 0 Å². The van der Waals surface area contributed by atoms with Gasteiger partial charge >= 0.3 is 0 Å². The average Bonchev–Trinajstić information content (AvgIpc) is 3.14. The van der Waals surface area contributed by atoms with Gasteiger partial charge in [-0.3, -0.25) is 4.90 Å². The minimum atomic E-state index is 0.674. The van der Waals surface area contributed by atoms with Crippen LogP contribution in [0.5, 0.6) is 0 Å². The monoisotopic (exact) mass is 258 g/mol. The highest BCUT2D eigenvalue weighted by Gasteiger charge is 2.22. The summed E-state index contributed by atoms with van der Waals surface area (Å²) in [7, 11) is 0. The average molecular weight is 258 g/mol. The molecule has 2 fully saturated rings. The summed E-state index contributed by atoms with van der Waals surface area (Å²) >= 11 is 0. The van der Waals surface area contributed by atoms with Crippen molar-refractivity contribution in [3.05, 3.63) is 35.4 Å². The van der Waals surface area contributed by atoms with Crippen molar-refractivity contribution in [1.82, 2.24) is 10.2 Å². The van der Waals surface area contributed by atoms with Crippen molar-refractivity contribution in [3.63, 3.8) is 0 Å². The molecule has 0 bridgehead atoms. The second-order valence-electron chi connectivity index (χ2n) is 6.24. The van der Waals surface area contributed by atoms with Crippen molar-refractivity contribution < 1.29 is 0 Å². The molecule has 2 nitrogen and oxygen atoms in total. The van der Waals surface area contributed by atoms with Crippen LogP contribution >= 0.6 is 0 Å². The van der Waals surface area contributed by atoms with E-state index in [0.717, 1.165) is 19.0 Å². The van der Waals surface area contributed by atoms with Crippen LogP contribution in [0, 0.1) is 0 Å². The Morgan fingerprint density at radius 3 is 2.47 bits per heavy atom. The molecule has 104 valence electrons. The Labute approximate surface area is 117 Å². The van der Waals surface area contributed by atoms with Crippen LogP contribution in [0.2, 0.25) is 0 Å². The van der Waals surface area contributed by atoms with Gasteiger partial charge in [0.25, 0.3) is 0 Å². The first kappa shape index (κ1) is 13.1. The summed E-state index contributed by atoms with van der Waals surface area (Å²) < 4.78 is 0. The van der Waals surface area contributed by atoms with Crippen molar-refractivity contribution in [1.29, 1.82) is 0 Å². The summed E-state index contributed by atoms with van der Waals surface area (Å²) in [6.07, 6.45) is 5.55. The maximum Gasteiger partial charge on any atom is 0.0206 e. The van der Waals surface area contributed by atoms with Crippen LogP contribution in [-0.2, 0) is 6.54 Å². The van der Waals surface area contributed by atoms with Gasteiger partial charge in [0.2, 0.25) is 0 Å². The molecule has 3 rings (SSSR count). The zero-order valence-electron chi connectivity index (χ0n) is 12.1. The van der Waals surface area contributed by atoms with E-state index in [1.54, 1.807) is 0 Å². The first-order chi connectivity index (χ1) is 9.33. The van der Waals surface area contributed by atoms with Crippen LogP contribution < -0.4 is 5.32 Å². The van der Waals surface area contributed by atoms with Crippen LogP contribution in [0.4, 0.5) is 0 Å². The molecule has 0 radical (unpaired) electrons. The summed E-state index contributed by atoms with van der Waals surface area (Å²) in [6.45, 7) is 7.03. The number of hydrogen-bond acceptors (Lipinski definition) is 2. The van der Waals surface area contributed by atoms with E-state index >= 15 is 0 Å². The van der Waals surface area contributed by atoms with E-state index in [9.17, 15) is 0 Å². The topological polar surface area (TPSA) is 15.3 Å². The molecule has 1 aliphatic heterocycles. The molecule has 1 heterocycles.